The van der Waals surface area contributed by atoms with Crippen LogP contribution in [0.5, 0.6) is 5.88 Å². The third kappa shape index (κ3) is 3.30. The summed E-state index contributed by atoms with van der Waals surface area (Å²) < 4.78 is 5.44. The summed E-state index contributed by atoms with van der Waals surface area (Å²) in [6, 6.07) is 1.85. The summed E-state index contributed by atoms with van der Waals surface area (Å²) in [6.07, 6.45) is 2.56. The van der Waals surface area contributed by atoms with Crippen molar-refractivity contribution in [3.05, 3.63) is 17.8 Å². The maximum absolute atomic E-state index is 5.93. The summed E-state index contributed by atoms with van der Waals surface area (Å²) >= 11 is 0. The molecule has 2 N–H and O–H groups in total. The molecule has 0 saturated carbocycles. The molecular weight excluding hydrogens is 178 g/mol. The van der Waals surface area contributed by atoms with Gasteiger partial charge in [-0.05, 0) is 25.8 Å². The van der Waals surface area contributed by atoms with Crippen LogP contribution in [0.3, 0.4) is 0 Å². The van der Waals surface area contributed by atoms with Gasteiger partial charge in [0.25, 0.3) is 0 Å². The number of nitrogens with two attached hydrogens (primary N) is 1. The van der Waals surface area contributed by atoms with E-state index in [1.807, 2.05) is 26.8 Å². The molecule has 0 spiro atoms. The second-order valence-corrected chi connectivity index (χ2v) is 3.87. The van der Waals surface area contributed by atoms with E-state index in [-0.39, 0.29) is 5.54 Å². The van der Waals surface area contributed by atoms with Crippen LogP contribution in [0.2, 0.25) is 0 Å². The van der Waals surface area contributed by atoms with Gasteiger partial charge < -0.3 is 10.5 Å². The first-order chi connectivity index (χ1) is 6.53. The predicted molar refractivity (Wildman–Crippen MR) is 55.1 cm³/mol. The Morgan fingerprint density at radius 2 is 2.29 bits per heavy atom. The normalized spacial score (nSPS) is 14.9. The van der Waals surface area contributed by atoms with Gasteiger partial charge in [-0.2, -0.15) is 5.10 Å². The van der Waals surface area contributed by atoms with Crippen LogP contribution in [0, 0.1) is 6.92 Å². The number of hydrogen-bond donors (Lipinski definition) is 1. The summed E-state index contributed by atoms with van der Waals surface area (Å²) in [5.41, 5.74) is 6.66. The highest BCUT2D eigenvalue weighted by Crippen LogP contribution is 2.10. The van der Waals surface area contributed by atoms with Gasteiger partial charge in [-0.25, -0.2) is 0 Å². The van der Waals surface area contributed by atoms with Crippen molar-refractivity contribution in [1.29, 1.82) is 0 Å². The van der Waals surface area contributed by atoms with E-state index in [9.17, 15) is 0 Å². The maximum atomic E-state index is 5.93. The zero-order valence-corrected chi connectivity index (χ0v) is 8.95. The molecule has 1 rings (SSSR count). The number of aryl methyl sites for hydroxylation is 1. The molecule has 4 heteroatoms. The van der Waals surface area contributed by atoms with E-state index in [2.05, 4.69) is 10.2 Å². The van der Waals surface area contributed by atoms with Crippen LogP contribution in [-0.4, -0.2) is 22.3 Å². The highest BCUT2D eigenvalue weighted by molar-refractivity contribution is 5.15. The molecule has 1 aromatic heterocycles. The first-order valence-corrected chi connectivity index (χ1v) is 4.74. The van der Waals surface area contributed by atoms with Crippen molar-refractivity contribution >= 4 is 0 Å². The lowest BCUT2D eigenvalue weighted by Gasteiger charge is -2.22. The minimum Gasteiger partial charge on any atom is -0.475 e. The van der Waals surface area contributed by atoms with Crippen LogP contribution in [0.4, 0.5) is 0 Å². The van der Waals surface area contributed by atoms with E-state index in [1.54, 1.807) is 6.20 Å². The summed E-state index contributed by atoms with van der Waals surface area (Å²) in [5, 5.41) is 7.64. The van der Waals surface area contributed by atoms with Crippen LogP contribution in [0.1, 0.15) is 25.8 Å². The Balaban J connectivity index is 2.54. The standard InChI is InChI=1S/C10H17N3O/c1-4-10(3,11)7-14-9-5-8(2)6-12-13-9/h5-6H,4,7,11H2,1-3H3. The van der Waals surface area contributed by atoms with Crippen molar-refractivity contribution in [2.45, 2.75) is 32.7 Å². The molecule has 0 aliphatic heterocycles. The molecule has 0 aromatic carbocycles. The average Bonchev–Trinajstić information content (AvgIpc) is 2.15. The van der Waals surface area contributed by atoms with E-state index in [0.29, 0.717) is 12.5 Å². The average molecular weight is 195 g/mol. The Hall–Kier alpha value is -1.16. The summed E-state index contributed by atoms with van der Waals surface area (Å²) in [6.45, 7) is 6.39. The van der Waals surface area contributed by atoms with Crippen molar-refractivity contribution in [3.63, 3.8) is 0 Å². The molecule has 0 fully saturated rings. The Morgan fingerprint density at radius 1 is 1.57 bits per heavy atom. The van der Waals surface area contributed by atoms with Gasteiger partial charge in [0.2, 0.25) is 5.88 Å². The minimum absolute atomic E-state index is 0.300. The van der Waals surface area contributed by atoms with Crippen LogP contribution in [0.15, 0.2) is 12.3 Å². The largest absolute Gasteiger partial charge is 0.475 e. The molecule has 0 aliphatic carbocycles. The summed E-state index contributed by atoms with van der Waals surface area (Å²) in [5.74, 6) is 0.537. The van der Waals surface area contributed by atoms with Gasteiger partial charge in [-0.15, -0.1) is 5.10 Å². The first-order valence-electron chi connectivity index (χ1n) is 4.74. The molecule has 1 heterocycles. The lowest BCUT2D eigenvalue weighted by atomic mass is 10.0. The zero-order chi connectivity index (χ0) is 10.6. The predicted octanol–water partition coefficient (Wildman–Crippen LogP) is 1.29. The van der Waals surface area contributed by atoms with Crippen LogP contribution < -0.4 is 10.5 Å². The quantitative estimate of drug-likeness (QED) is 0.786. The fourth-order valence-electron chi connectivity index (χ4n) is 0.849. The highest BCUT2D eigenvalue weighted by atomic mass is 16.5. The SMILES string of the molecule is CCC(C)(N)COc1cc(C)cnn1. The molecule has 78 valence electrons. The topological polar surface area (TPSA) is 61.0 Å². The van der Waals surface area contributed by atoms with Gasteiger partial charge >= 0.3 is 0 Å². The van der Waals surface area contributed by atoms with Crippen LogP contribution >= 0.6 is 0 Å². The molecule has 0 amide bonds. The molecule has 4 nitrogen and oxygen atoms in total. The second-order valence-electron chi connectivity index (χ2n) is 3.87. The van der Waals surface area contributed by atoms with Gasteiger partial charge in [0.1, 0.15) is 6.61 Å². The Morgan fingerprint density at radius 3 is 2.86 bits per heavy atom. The van der Waals surface area contributed by atoms with Gasteiger partial charge in [0, 0.05) is 11.6 Å². The monoisotopic (exact) mass is 195 g/mol. The molecule has 1 atom stereocenters. The van der Waals surface area contributed by atoms with Crippen LogP contribution in [0.25, 0.3) is 0 Å². The molecule has 0 radical (unpaired) electrons. The van der Waals surface area contributed by atoms with Crippen molar-refractivity contribution < 1.29 is 4.74 Å². The Labute approximate surface area is 84.5 Å². The van der Waals surface area contributed by atoms with E-state index >= 15 is 0 Å². The number of hydrogen-bond acceptors (Lipinski definition) is 4. The van der Waals surface area contributed by atoms with E-state index < -0.39 is 0 Å². The molecule has 0 bridgehead atoms. The molecule has 0 aliphatic rings. The van der Waals surface area contributed by atoms with Crippen molar-refractivity contribution in [3.8, 4) is 5.88 Å². The van der Waals surface area contributed by atoms with Gasteiger partial charge in [0.15, 0.2) is 0 Å². The van der Waals surface area contributed by atoms with Crippen molar-refractivity contribution in [2.75, 3.05) is 6.61 Å². The number of aromatic nitrogens is 2. The molecular formula is C10H17N3O. The van der Waals surface area contributed by atoms with Crippen LogP contribution in [-0.2, 0) is 0 Å². The minimum atomic E-state index is -0.300. The molecule has 1 unspecified atom stereocenters. The summed E-state index contributed by atoms with van der Waals surface area (Å²) in [7, 11) is 0. The second kappa shape index (κ2) is 4.37. The van der Waals surface area contributed by atoms with Crippen molar-refractivity contribution in [2.24, 2.45) is 5.73 Å². The van der Waals surface area contributed by atoms with Gasteiger partial charge in [0.05, 0.1) is 6.20 Å². The smallest absolute Gasteiger partial charge is 0.233 e. The van der Waals surface area contributed by atoms with Gasteiger partial charge in [-0.1, -0.05) is 6.92 Å². The van der Waals surface area contributed by atoms with E-state index in [0.717, 1.165) is 12.0 Å². The Bertz CT molecular complexity index is 299. The summed E-state index contributed by atoms with van der Waals surface area (Å²) in [4.78, 5) is 0. The molecule has 1 aromatic rings. The van der Waals surface area contributed by atoms with Crippen molar-refractivity contribution in [1.82, 2.24) is 10.2 Å². The van der Waals surface area contributed by atoms with Gasteiger partial charge in [-0.3, -0.25) is 0 Å². The third-order valence-corrected chi connectivity index (χ3v) is 2.13. The molecule has 14 heavy (non-hydrogen) atoms. The maximum Gasteiger partial charge on any atom is 0.233 e. The highest BCUT2D eigenvalue weighted by Gasteiger charge is 2.16. The zero-order valence-electron chi connectivity index (χ0n) is 8.95. The fraction of sp³-hybridized carbons (Fsp3) is 0.600. The fourth-order valence-corrected chi connectivity index (χ4v) is 0.849. The lowest BCUT2D eigenvalue weighted by Crippen LogP contribution is -2.41. The third-order valence-electron chi connectivity index (χ3n) is 2.13. The molecule has 0 saturated heterocycles. The van der Waals surface area contributed by atoms with E-state index in [4.69, 9.17) is 10.5 Å². The number of nitrogens with zero attached hydrogens (tertiary/aromatic N) is 2. The Kier molecular flexibility index (Phi) is 3.41. The number of rotatable bonds is 4. The number of ether oxygens (including phenoxy) is 1. The lowest BCUT2D eigenvalue weighted by molar-refractivity contribution is 0.216. The van der Waals surface area contributed by atoms with E-state index in [1.165, 1.54) is 0 Å². The first kappa shape index (κ1) is 10.9.